The maximum Gasteiger partial charge on any atom is 0.333 e. The van der Waals surface area contributed by atoms with Gasteiger partial charge in [-0.3, -0.25) is 0 Å². The first-order valence-corrected chi connectivity index (χ1v) is 4.50. The van der Waals surface area contributed by atoms with Gasteiger partial charge < -0.3 is 20.4 Å². The van der Waals surface area contributed by atoms with Crippen LogP contribution in [0.1, 0.15) is 0 Å². The Morgan fingerprint density at radius 2 is 1.31 bits per heavy atom. The molecule has 76 valence electrons. The van der Waals surface area contributed by atoms with E-state index in [9.17, 15) is 9.59 Å². The Morgan fingerprint density at radius 3 is 1.54 bits per heavy atom. The predicted octanol–water partition coefficient (Wildman–Crippen LogP) is -1.39. The van der Waals surface area contributed by atoms with Crippen LogP contribution >= 0.6 is 11.8 Å². The average Bonchev–Trinajstić information content (AvgIpc) is 2.03. The lowest BCUT2D eigenvalue weighted by Gasteiger charge is -2.06. The highest BCUT2D eigenvalue weighted by atomic mass is 32.2. The molecule has 0 saturated carbocycles. The van der Waals surface area contributed by atoms with Crippen molar-refractivity contribution in [1.29, 1.82) is 0 Å². The molecule has 7 heteroatoms. The lowest BCUT2D eigenvalue weighted by atomic mass is 10.4. The van der Waals surface area contributed by atoms with Gasteiger partial charge in [-0.1, -0.05) is 0 Å². The summed E-state index contributed by atoms with van der Waals surface area (Å²) in [5.41, 5.74) is 0. The highest BCUT2D eigenvalue weighted by Crippen LogP contribution is 2.05. The molecular weight excluding hydrogens is 200 g/mol. The molecular formula is C6H10O6S. The van der Waals surface area contributed by atoms with Gasteiger partial charge in [0.2, 0.25) is 0 Å². The van der Waals surface area contributed by atoms with Crippen LogP contribution in [0.4, 0.5) is 0 Å². The zero-order valence-corrected chi connectivity index (χ0v) is 7.40. The zero-order chi connectivity index (χ0) is 10.4. The van der Waals surface area contributed by atoms with Gasteiger partial charge in [-0.15, -0.1) is 0 Å². The smallest absolute Gasteiger partial charge is 0.333 e. The molecule has 0 rings (SSSR count). The second-order valence-corrected chi connectivity index (χ2v) is 3.32. The van der Waals surface area contributed by atoms with Crippen molar-refractivity contribution in [2.75, 3.05) is 11.5 Å². The van der Waals surface area contributed by atoms with Gasteiger partial charge in [-0.05, 0) is 0 Å². The fourth-order valence-corrected chi connectivity index (χ4v) is 1.30. The van der Waals surface area contributed by atoms with Gasteiger partial charge in [-0.2, -0.15) is 11.8 Å². The Hall–Kier alpha value is -0.790. The Morgan fingerprint density at radius 1 is 1.00 bits per heavy atom. The fraction of sp³-hybridized carbons (Fsp3) is 0.667. The minimum Gasteiger partial charge on any atom is -0.479 e. The maximum atomic E-state index is 10.1. The van der Waals surface area contributed by atoms with Gasteiger partial charge in [-0.25, -0.2) is 9.59 Å². The van der Waals surface area contributed by atoms with E-state index >= 15 is 0 Å². The van der Waals surface area contributed by atoms with Crippen molar-refractivity contribution in [1.82, 2.24) is 0 Å². The number of rotatable bonds is 6. The molecule has 0 saturated heterocycles. The summed E-state index contributed by atoms with van der Waals surface area (Å²) in [6.07, 6.45) is -3.04. The van der Waals surface area contributed by atoms with Crippen molar-refractivity contribution in [3.05, 3.63) is 0 Å². The number of aliphatic hydroxyl groups excluding tert-OH is 2. The average molecular weight is 210 g/mol. The Kier molecular flexibility index (Phi) is 5.44. The monoisotopic (exact) mass is 210 g/mol. The van der Waals surface area contributed by atoms with E-state index in [1.54, 1.807) is 0 Å². The van der Waals surface area contributed by atoms with Gasteiger partial charge in [0, 0.05) is 11.5 Å². The van der Waals surface area contributed by atoms with E-state index in [-0.39, 0.29) is 11.5 Å². The first kappa shape index (κ1) is 12.2. The summed E-state index contributed by atoms with van der Waals surface area (Å²) in [5.74, 6) is -3.01. The first-order chi connectivity index (χ1) is 5.95. The van der Waals surface area contributed by atoms with Crippen LogP contribution in [0.25, 0.3) is 0 Å². The molecule has 0 heterocycles. The molecule has 2 atom stereocenters. The van der Waals surface area contributed by atoms with Gasteiger partial charge in [0.25, 0.3) is 0 Å². The predicted molar refractivity (Wildman–Crippen MR) is 44.6 cm³/mol. The summed E-state index contributed by atoms with van der Waals surface area (Å²) in [7, 11) is 0. The summed E-state index contributed by atoms with van der Waals surface area (Å²) in [5, 5.41) is 33.9. The SMILES string of the molecule is O=C(O)C(O)CSCC(O)C(=O)O. The summed E-state index contributed by atoms with van der Waals surface area (Å²) in [4.78, 5) is 20.1. The molecule has 0 amide bonds. The second kappa shape index (κ2) is 5.79. The minimum absolute atomic E-state index is 0.139. The maximum absolute atomic E-state index is 10.1. The normalized spacial score (nSPS) is 14.9. The van der Waals surface area contributed by atoms with Crippen LogP contribution in [0.3, 0.4) is 0 Å². The fourth-order valence-electron chi connectivity index (χ4n) is 0.434. The number of carbonyl (C=O) groups is 2. The highest BCUT2D eigenvalue weighted by Gasteiger charge is 2.16. The molecule has 4 N–H and O–H groups in total. The summed E-state index contributed by atoms with van der Waals surface area (Å²) in [6.45, 7) is 0. The lowest BCUT2D eigenvalue weighted by Crippen LogP contribution is -2.26. The summed E-state index contributed by atoms with van der Waals surface area (Å²) in [6, 6.07) is 0. The largest absolute Gasteiger partial charge is 0.479 e. The third-order valence-electron chi connectivity index (χ3n) is 1.12. The van der Waals surface area contributed by atoms with Crippen LogP contribution in [0.2, 0.25) is 0 Å². The Labute approximate surface area is 78.2 Å². The van der Waals surface area contributed by atoms with Crippen LogP contribution < -0.4 is 0 Å². The van der Waals surface area contributed by atoms with E-state index in [2.05, 4.69) is 0 Å². The van der Waals surface area contributed by atoms with Gasteiger partial charge in [0.05, 0.1) is 0 Å². The van der Waals surface area contributed by atoms with Crippen molar-refractivity contribution in [3.63, 3.8) is 0 Å². The van der Waals surface area contributed by atoms with Gasteiger partial charge in [0.15, 0.2) is 12.2 Å². The molecule has 0 aromatic rings. The number of aliphatic carboxylic acids is 2. The Bertz CT molecular complexity index is 174. The van der Waals surface area contributed by atoms with E-state index < -0.39 is 24.1 Å². The summed E-state index contributed by atoms with van der Waals surface area (Å²) >= 11 is 0.864. The third-order valence-corrected chi connectivity index (χ3v) is 2.22. The third kappa shape index (κ3) is 5.45. The molecule has 0 aliphatic heterocycles. The topological polar surface area (TPSA) is 115 Å². The molecule has 2 unspecified atom stereocenters. The molecule has 0 bridgehead atoms. The lowest BCUT2D eigenvalue weighted by molar-refractivity contribution is -0.145. The zero-order valence-electron chi connectivity index (χ0n) is 6.58. The van der Waals surface area contributed by atoms with Crippen LogP contribution in [0, 0.1) is 0 Å². The Balaban J connectivity index is 3.56. The van der Waals surface area contributed by atoms with E-state index in [0.717, 1.165) is 11.8 Å². The molecule has 0 spiro atoms. The van der Waals surface area contributed by atoms with Crippen molar-refractivity contribution in [2.24, 2.45) is 0 Å². The van der Waals surface area contributed by atoms with Crippen LogP contribution in [-0.4, -0.2) is 56.1 Å². The summed E-state index contributed by atoms with van der Waals surface area (Å²) < 4.78 is 0. The first-order valence-electron chi connectivity index (χ1n) is 3.34. The van der Waals surface area contributed by atoms with Crippen molar-refractivity contribution >= 4 is 23.7 Å². The molecule has 0 aliphatic rings. The van der Waals surface area contributed by atoms with E-state index in [1.807, 2.05) is 0 Å². The number of hydrogen-bond donors (Lipinski definition) is 4. The molecule has 0 radical (unpaired) electrons. The molecule has 0 aliphatic carbocycles. The quantitative estimate of drug-likeness (QED) is 0.426. The number of carboxylic acids is 2. The van der Waals surface area contributed by atoms with Crippen LogP contribution in [-0.2, 0) is 9.59 Å². The molecule has 0 aromatic heterocycles. The number of thioether (sulfide) groups is 1. The standard InChI is InChI=1S/C6H10O6S/c7-3(5(9)10)1-13-2-4(8)6(11)12/h3-4,7-8H,1-2H2,(H,9,10)(H,11,12). The van der Waals surface area contributed by atoms with Crippen LogP contribution in [0.5, 0.6) is 0 Å². The molecule has 6 nitrogen and oxygen atoms in total. The molecule has 0 fully saturated rings. The number of hydrogen-bond acceptors (Lipinski definition) is 5. The van der Waals surface area contributed by atoms with Gasteiger partial charge >= 0.3 is 11.9 Å². The van der Waals surface area contributed by atoms with E-state index in [4.69, 9.17) is 20.4 Å². The van der Waals surface area contributed by atoms with Crippen LogP contribution in [0.15, 0.2) is 0 Å². The van der Waals surface area contributed by atoms with Crippen molar-refractivity contribution < 1.29 is 30.0 Å². The van der Waals surface area contributed by atoms with E-state index in [0.29, 0.717) is 0 Å². The van der Waals surface area contributed by atoms with Crippen molar-refractivity contribution in [3.8, 4) is 0 Å². The van der Waals surface area contributed by atoms with Gasteiger partial charge in [0.1, 0.15) is 0 Å². The van der Waals surface area contributed by atoms with E-state index in [1.165, 1.54) is 0 Å². The number of aliphatic hydroxyl groups is 2. The second-order valence-electron chi connectivity index (χ2n) is 2.25. The highest BCUT2D eigenvalue weighted by molar-refractivity contribution is 7.99. The molecule has 0 aromatic carbocycles. The number of carboxylic acid groups (broad SMARTS) is 2. The molecule has 13 heavy (non-hydrogen) atoms. The minimum atomic E-state index is -1.52. The van der Waals surface area contributed by atoms with Crippen molar-refractivity contribution in [2.45, 2.75) is 12.2 Å².